The Labute approximate surface area is 144 Å². The molecule has 5 aliphatic rings. The lowest BCUT2D eigenvalue weighted by Gasteiger charge is -2.54. The highest BCUT2D eigenvalue weighted by molar-refractivity contribution is 5.74. The molecular formula is C21H28N2O. The van der Waals surface area contributed by atoms with Crippen molar-refractivity contribution in [3.8, 4) is 0 Å². The van der Waals surface area contributed by atoms with Gasteiger partial charge in [0, 0.05) is 18.0 Å². The Hall–Kier alpha value is -1.51. The number of carbonyl (C=O) groups is 1. The zero-order valence-corrected chi connectivity index (χ0v) is 14.3. The van der Waals surface area contributed by atoms with Crippen molar-refractivity contribution in [2.75, 3.05) is 6.54 Å². The molecule has 24 heavy (non-hydrogen) atoms. The summed E-state index contributed by atoms with van der Waals surface area (Å²) in [5.41, 5.74) is 1.57. The summed E-state index contributed by atoms with van der Waals surface area (Å²) in [5, 5.41) is 6.56. The number of amides is 2. The van der Waals surface area contributed by atoms with Crippen LogP contribution in [0, 0.1) is 23.7 Å². The summed E-state index contributed by atoms with van der Waals surface area (Å²) in [6, 6.07) is 11.2. The van der Waals surface area contributed by atoms with E-state index in [1.54, 1.807) is 0 Å². The maximum atomic E-state index is 12.5. The molecule has 128 valence electrons. The van der Waals surface area contributed by atoms with Gasteiger partial charge in [0.2, 0.25) is 0 Å². The molecule has 0 heterocycles. The molecule has 0 aromatic heterocycles. The first kappa shape index (κ1) is 14.8. The van der Waals surface area contributed by atoms with Crippen molar-refractivity contribution >= 4 is 6.03 Å². The first-order valence-electron chi connectivity index (χ1n) is 9.82. The van der Waals surface area contributed by atoms with Crippen LogP contribution in [0.1, 0.15) is 50.5 Å². The molecule has 0 unspecified atom stereocenters. The van der Waals surface area contributed by atoms with E-state index in [0.717, 1.165) is 30.2 Å². The maximum absolute atomic E-state index is 12.5. The molecular weight excluding hydrogens is 296 g/mol. The van der Waals surface area contributed by atoms with Crippen LogP contribution in [0.2, 0.25) is 0 Å². The lowest BCUT2D eigenvalue weighted by atomic mass is 9.54. The third kappa shape index (κ3) is 2.53. The van der Waals surface area contributed by atoms with Gasteiger partial charge in [-0.1, -0.05) is 30.3 Å². The van der Waals surface area contributed by atoms with Crippen molar-refractivity contribution in [1.82, 2.24) is 10.6 Å². The van der Waals surface area contributed by atoms with Crippen LogP contribution in [0.25, 0.3) is 0 Å². The third-order valence-electron chi connectivity index (χ3n) is 7.35. The van der Waals surface area contributed by atoms with Gasteiger partial charge in [0.15, 0.2) is 0 Å². The van der Waals surface area contributed by atoms with E-state index in [2.05, 4.69) is 41.0 Å². The Kier molecular flexibility index (Phi) is 3.39. The standard InChI is InChI=1S/C21H28N2O/c24-20(22-13-21(6-7-21)18-4-2-1-3-5-18)23-19-16-9-14-8-15(11-16)12-17(19)10-14/h1-5,14-17,19H,6-13H2,(H2,22,23,24). The molecule has 3 nitrogen and oxygen atoms in total. The molecule has 2 N–H and O–H groups in total. The summed E-state index contributed by atoms with van der Waals surface area (Å²) in [5.74, 6) is 3.41. The van der Waals surface area contributed by atoms with Gasteiger partial charge in [0.05, 0.1) is 0 Å². The minimum absolute atomic E-state index is 0.0645. The van der Waals surface area contributed by atoms with E-state index in [1.165, 1.54) is 50.5 Å². The Balaban J connectivity index is 1.19. The topological polar surface area (TPSA) is 41.1 Å². The number of urea groups is 1. The molecule has 0 spiro atoms. The zero-order chi connectivity index (χ0) is 16.1. The second-order valence-electron chi connectivity index (χ2n) is 8.93. The highest BCUT2D eigenvalue weighted by Gasteiger charge is 2.49. The molecule has 0 radical (unpaired) electrons. The van der Waals surface area contributed by atoms with Gasteiger partial charge in [-0.2, -0.15) is 0 Å². The molecule has 3 heteroatoms. The van der Waals surface area contributed by atoms with Crippen molar-refractivity contribution in [2.24, 2.45) is 23.7 Å². The van der Waals surface area contributed by atoms with Crippen LogP contribution in [0.3, 0.4) is 0 Å². The van der Waals surface area contributed by atoms with Gasteiger partial charge >= 0.3 is 6.03 Å². The Bertz CT molecular complexity index is 594. The molecule has 2 amide bonds. The van der Waals surface area contributed by atoms with Crippen molar-refractivity contribution in [3.05, 3.63) is 35.9 Å². The minimum atomic E-state index is 0.0645. The fourth-order valence-electron chi connectivity index (χ4n) is 6.12. The predicted molar refractivity (Wildman–Crippen MR) is 94.7 cm³/mol. The van der Waals surface area contributed by atoms with Gasteiger partial charge in [-0.25, -0.2) is 4.79 Å². The molecule has 5 saturated carbocycles. The molecule has 1 aromatic rings. The quantitative estimate of drug-likeness (QED) is 0.868. The lowest BCUT2D eigenvalue weighted by molar-refractivity contribution is -0.00942. The summed E-state index contributed by atoms with van der Waals surface area (Å²) < 4.78 is 0. The first-order valence-corrected chi connectivity index (χ1v) is 9.82. The van der Waals surface area contributed by atoms with Gasteiger partial charge in [0.25, 0.3) is 0 Å². The zero-order valence-electron chi connectivity index (χ0n) is 14.3. The molecule has 4 bridgehead atoms. The number of hydrogen-bond donors (Lipinski definition) is 2. The van der Waals surface area contributed by atoms with Crippen molar-refractivity contribution in [2.45, 2.75) is 56.4 Å². The SMILES string of the molecule is O=C(NCC1(c2ccccc2)CC1)NC1C2CC3CC(C2)CC1C3. The van der Waals surface area contributed by atoms with Crippen LogP contribution in [-0.2, 0) is 5.41 Å². The van der Waals surface area contributed by atoms with Crippen LogP contribution in [0.4, 0.5) is 4.79 Å². The average molecular weight is 324 g/mol. The molecule has 5 fully saturated rings. The fourth-order valence-corrected chi connectivity index (χ4v) is 6.12. The Morgan fingerprint density at radius 1 is 0.958 bits per heavy atom. The molecule has 0 aliphatic heterocycles. The van der Waals surface area contributed by atoms with Crippen LogP contribution in [-0.4, -0.2) is 18.6 Å². The third-order valence-corrected chi connectivity index (χ3v) is 7.35. The van der Waals surface area contributed by atoms with E-state index in [-0.39, 0.29) is 11.4 Å². The van der Waals surface area contributed by atoms with E-state index in [9.17, 15) is 4.79 Å². The molecule has 1 aromatic carbocycles. The van der Waals surface area contributed by atoms with E-state index in [4.69, 9.17) is 0 Å². The summed E-state index contributed by atoms with van der Waals surface area (Å²) in [4.78, 5) is 12.5. The Morgan fingerprint density at radius 3 is 2.17 bits per heavy atom. The number of benzene rings is 1. The van der Waals surface area contributed by atoms with E-state index in [1.807, 2.05) is 0 Å². The summed E-state index contributed by atoms with van der Waals surface area (Å²) in [6.07, 6.45) is 9.26. The van der Waals surface area contributed by atoms with Gasteiger partial charge < -0.3 is 10.6 Å². The van der Waals surface area contributed by atoms with Gasteiger partial charge in [-0.3, -0.25) is 0 Å². The number of carbonyl (C=O) groups excluding carboxylic acids is 1. The van der Waals surface area contributed by atoms with E-state index < -0.39 is 0 Å². The lowest BCUT2D eigenvalue weighted by Crippen LogP contribution is -2.57. The smallest absolute Gasteiger partial charge is 0.315 e. The van der Waals surface area contributed by atoms with Crippen molar-refractivity contribution in [1.29, 1.82) is 0 Å². The van der Waals surface area contributed by atoms with Crippen LogP contribution >= 0.6 is 0 Å². The maximum Gasteiger partial charge on any atom is 0.315 e. The molecule has 0 saturated heterocycles. The highest BCUT2D eigenvalue weighted by Crippen LogP contribution is 2.53. The molecule has 6 rings (SSSR count). The summed E-state index contributed by atoms with van der Waals surface area (Å²) in [7, 11) is 0. The summed E-state index contributed by atoms with van der Waals surface area (Å²) in [6.45, 7) is 0.774. The fraction of sp³-hybridized carbons (Fsp3) is 0.667. The monoisotopic (exact) mass is 324 g/mol. The summed E-state index contributed by atoms with van der Waals surface area (Å²) >= 11 is 0. The highest BCUT2D eigenvalue weighted by atomic mass is 16.2. The second-order valence-corrected chi connectivity index (χ2v) is 8.93. The molecule has 5 aliphatic carbocycles. The van der Waals surface area contributed by atoms with Gasteiger partial charge in [-0.05, 0) is 74.2 Å². The molecule has 0 atom stereocenters. The van der Waals surface area contributed by atoms with Crippen LogP contribution in [0.15, 0.2) is 30.3 Å². The first-order chi connectivity index (χ1) is 11.7. The van der Waals surface area contributed by atoms with Crippen LogP contribution < -0.4 is 10.6 Å². The second kappa shape index (κ2) is 5.50. The Morgan fingerprint density at radius 2 is 1.58 bits per heavy atom. The number of rotatable bonds is 4. The van der Waals surface area contributed by atoms with Crippen molar-refractivity contribution in [3.63, 3.8) is 0 Å². The normalized spacial score (nSPS) is 37.9. The van der Waals surface area contributed by atoms with E-state index >= 15 is 0 Å². The average Bonchev–Trinajstić information content (AvgIpc) is 3.38. The van der Waals surface area contributed by atoms with E-state index in [0.29, 0.717) is 6.04 Å². The van der Waals surface area contributed by atoms with Gasteiger partial charge in [0.1, 0.15) is 0 Å². The largest absolute Gasteiger partial charge is 0.337 e. The number of nitrogens with one attached hydrogen (secondary N) is 2. The predicted octanol–water partition coefficient (Wildman–Crippen LogP) is 3.84. The van der Waals surface area contributed by atoms with Crippen LogP contribution in [0.5, 0.6) is 0 Å². The van der Waals surface area contributed by atoms with Crippen molar-refractivity contribution < 1.29 is 4.79 Å². The number of hydrogen-bond acceptors (Lipinski definition) is 1. The minimum Gasteiger partial charge on any atom is -0.337 e. The van der Waals surface area contributed by atoms with Gasteiger partial charge in [-0.15, -0.1) is 0 Å².